The van der Waals surface area contributed by atoms with E-state index in [-0.39, 0.29) is 0 Å². The minimum atomic E-state index is 0.316. The van der Waals surface area contributed by atoms with E-state index in [4.69, 9.17) is 0 Å². The molecule has 0 radical (unpaired) electrons. The van der Waals surface area contributed by atoms with Crippen LogP contribution < -0.4 is 5.32 Å². The van der Waals surface area contributed by atoms with E-state index in [9.17, 15) is 0 Å². The summed E-state index contributed by atoms with van der Waals surface area (Å²) in [4.78, 5) is 4.18. The Morgan fingerprint density at radius 1 is 1.32 bits per heavy atom. The zero-order valence-electron chi connectivity index (χ0n) is 11.3. The molecule has 1 aromatic heterocycles. The predicted octanol–water partition coefficient (Wildman–Crippen LogP) is 3.03. The summed E-state index contributed by atoms with van der Waals surface area (Å²) in [5, 5.41) is 11.7. The van der Waals surface area contributed by atoms with Crippen molar-refractivity contribution in [3.63, 3.8) is 0 Å². The van der Waals surface area contributed by atoms with Gasteiger partial charge >= 0.3 is 0 Å². The zero-order valence-corrected chi connectivity index (χ0v) is 12.2. The molecule has 2 N–H and O–H groups in total. The molecule has 0 spiro atoms. The SMILES string of the molecule is CCCNC(c1ccccc1)C(C)Sc1ncn[nH]1. The van der Waals surface area contributed by atoms with Gasteiger partial charge in [-0.15, -0.1) is 0 Å². The number of nitrogens with one attached hydrogen (secondary N) is 2. The Labute approximate surface area is 118 Å². The summed E-state index contributed by atoms with van der Waals surface area (Å²) < 4.78 is 0. The Morgan fingerprint density at radius 3 is 2.74 bits per heavy atom. The molecule has 5 heteroatoms. The van der Waals surface area contributed by atoms with Crippen LogP contribution in [-0.4, -0.2) is 27.0 Å². The highest BCUT2D eigenvalue weighted by molar-refractivity contribution is 7.99. The number of hydrogen-bond acceptors (Lipinski definition) is 4. The lowest BCUT2D eigenvalue weighted by Gasteiger charge is -2.24. The van der Waals surface area contributed by atoms with Crippen molar-refractivity contribution < 1.29 is 0 Å². The molecule has 2 aromatic rings. The molecule has 4 nitrogen and oxygen atoms in total. The molecule has 0 bridgehead atoms. The second kappa shape index (κ2) is 7.31. The van der Waals surface area contributed by atoms with Gasteiger partial charge in [-0.1, -0.05) is 55.9 Å². The molecule has 102 valence electrons. The van der Waals surface area contributed by atoms with Gasteiger partial charge in [0.25, 0.3) is 0 Å². The lowest BCUT2D eigenvalue weighted by molar-refractivity contribution is 0.527. The highest BCUT2D eigenvalue weighted by Crippen LogP contribution is 2.29. The Balaban J connectivity index is 2.08. The van der Waals surface area contributed by atoms with Crippen LogP contribution in [0.25, 0.3) is 0 Å². The summed E-state index contributed by atoms with van der Waals surface area (Å²) in [6.45, 7) is 5.41. The van der Waals surface area contributed by atoms with Gasteiger partial charge in [0.15, 0.2) is 5.16 Å². The van der Waals surface area contributed by atoms with E-state index >= 15 is 0 Å². The van der Waals surface area contributed by atoms with E-state index in [1.165, 1.54) is 5.56 Å². The average Bonchev–Trinajstić information content (AvgIpc) is 2.93. The Kier molecular flexibility index (Phi) is 5.42. The smallest absolute Gasteiger partial charge is 0.183 e. The molecule has 2 unspecified atom stereocenters. The monoisotopic (exact) mass is 276 g/mol. The first-order chi connectivity index (χ1) is 9.31. The fraction of sp³-hybridized carbons (Fsp3) is 0.429. The fourth-order valence-corrected chi connectivity index (χ4v) is 2.97. The molecule has 19 heavy (non-hydrogen) atoms. The fourth-order valence-electron chi connectivity index (χ4n) is 2.01. The first kappa shape index (κ1) is 14.1. The summed E-state index contributed by atoms with van der Waals surface area (Å²) in [6.07, 6.45) is 2.68. The van der Waals surface area contributed by atoms with Crippen LogP contribution in [0.3, 0.4) is 0 Å². The number of rotatable bonds is 7. The lowest BCUT2D eigenvalue weighted by Crippen LogP contribution is -2.29. The molecule has 1 aromatic carbocycles. The molecule has 0 aliphatic rings. The molecule has 0 fully saturated rings. The van der Waals surface area contributed by atoms with Gasteiger partial charge in [-0.05, 0) is 18.5 Å². The van der Waals surface area contributed by atoms with E-state index in [2.05, 4.69) is 64.7 Å². The predicted molar refractivity (Wildman–Crippen MR) is 79.2 cm³/mol. The summed E-state index contributed by atoms with van der Waals surface area (Å²) >= 11 is 1.71. The zero-order chi connectivity index (χ0) is 13.5. The van der Waals surface area contributed by atoms with Crippen LogP contribution in [0.2, 0.25) is 0 Å². The standard InChI is InChI=1S/C14H20N4S/c1-3-9-15-13(12-7-5-4-6-8-12)11(2)19-14-16-10-17-18-14/h4-8,10-11,13,15H,3,9H2,1-2H3,(H,16,17,18). The molecule has 2 atom stereocenters. The quantitative estimate of drug-likeness (QED) is 0.763. The topological polar surface area (TPSA) is 53.6 Å². The number of thioether (sulfide) groups is 1. The maximum atomic E-state index is 4.18. The molecule has 0 saturated carbocycles. The van der Waals surface area contributed by atoms with Gasteiger partial charge in [0.05, 0.1) is 0 Å². The molecule has 0 aliphatic heterocycles. The van der Waals surface area contributed by atoms with E-state index in [1.54, 1.807) is 18.1 Å². The summed E-state index contributed by atoms with van der Waals surface area (Å²) in [6, 6.07) is 10.9. The maximum Gasteiger partial charge on any atom is 0.183 e. The van der Waals surface area contributed by atoms with Crippen LogP contribution in [-0.2, 0) is 0 Å². The van der Waals surface area contributed by atoms with Gasteiger partial charge in [0.2, 0.25) is 0 Å². The third kappa shape index (κ3) is 4.08. The van der Waals surface area contributed by atoms with Gasteiger partial charge in [-0.3, -0.25) is 5.10 Å². The second-order valence-electron chi connectivity index (χ2n) is 4.46. The van der Waals surface area contributed by atoms with Crippen molar-refractivity contribution in [3.8, 4) is 0 Å². The summed E-state index contributed by atoms with van der Waals surface area (Å²) in [5.74, 6) is 0. The minimum Gasteiger partial charge on any atom is -0.309 e. The largest absolute Gasteiger partial charge is 0.309 e. The van der Waals surface area contributed by atoms with Crippen molar-refractivity contribution >= 4 is 11.8 Å². The summed E-state index contributed by atoms with van der Waals surface area (Å²) in [7, 11) is 0. The highest BCUT2D eigenvalue weighted by atomic mass is 32.2. The number of benzene rings is 1. The number of nitrogens with zero attached hydrogens (tertiary/aromatic N) is 2. The van der Waals surface area contributed by atoms with Crippen molar-refractivity contribution in [2.24, 2.45) is 0 Å². The van der Waals surface area contributed by atoms with Crippen LogP contribution in [0.4, 0.5) is 0 Å². The van der Waals surface area contributed by atoms with Crippen molar-refractivity contribution in [3.05, 3.63) is 42.2 Å². The van der Waals surface area contributed by atoms with E-state index in [0.717, 1.165) is 18.1 Å². The van der Waals surface area contributed by atoms with Gasteiger partial charge in [-0.25, -0.2) is 4.98 Å². The molecular weight excluding hydrogens is 256 g/mol. The van der Waals surface area contributed by atoms with Gasteiger partial charge in [-0.2, -0.15) is 5.10 Å². The van der Waals surface area contributed by atoms with Crippen molar-refractivity contribution in [1.29, 1.82) is 0 Å². The minimum absolute atomic E-state index is 0.316. The van der Waals surface area contributed by atoms with E-state index in [0.29, 0.717) is 11.3 Å². The molecule has 1 heterocycles. The number of aromatic nitrogens is 3. The third-order valence-corrected chi connectivity index (χ3v) is 4.00. The molecule has 0 amide bonds. The molecular formula is C14H20N4S. The maximum absolute atomic E-state index is 4.18. The Hall–Kier alpha value is -1.33. The highest BCUT2D eigenvalue weighted by Gasteiger charge is 2.20. The Bertz CT molecular complexity index is 458. The summed E-state index contributed by atoms with van der Waals surface area (Å²) in [5.41, 5.74) is 1.32. The molecule has 0 saturated heterocycles. The van der Waals surface area contributed by atoms with Crippen LogP contribution in [0.1, 0.15) is 31.9 Å². The first-order valence-electron chi connectivity index (χ1n) is 6.61. The first-order valence-corrected chi connectivity index (χ1v) is 7.49. The number of aromatic amines is 1. The number of H-pyrrole nitrogens is 1. The van der Waals surface area contributed by atoms with Gasteiger partial charge in [0, 0.05) is 11.3 Å². The van der Waals surface area contributed by atoms with E-state index in [1.807, 2.05) is 0 Å². The van der Waals surface area contributed by atoms with Crippen molar-refractivity contribution in [2.45, 2.75) is 36.7 Å². The normalized spacial score (nSPS) is 14.2. The van der Waals surface area contributed by atoms with Crippen molar-refractivity contribution in [2.75, 3.05) is 6.54 Å². The van der Waals surface area contributed by atoms with Gasteiger partial charge in [0.1, 0.15) is 6.33 Å². The van der Waals surface area contributed by atoms with Crippen LogP contribution in [0.5, 0.6) is 0 Å². The Morgan fingerprint density at radius 2 is 2.11 bits per heavy atom. The van der Waals surface area contributed by atoms with Gasteiger partial charge < -0.3 is 5.32 Å². The van der Waals surface area contributed by atoms with Crippen LogP contribution in [0.15, 0.2) is 41.8 Å². The molecule has 0 aliphatic carbocycles. The van der Waals surface area contributed by atoms with Crippen LogP contribution in [0, 0.1) is 0 Å². The van der Waals surface area contributed by atoms with Crippen molar-refractivity contribution in [1.82, 2.24) is 20.5 Å². The molecule has 2 rings (SSSR count). The van der Waals surface area contributed by atoms with Crippen LogP contribution >= 0.6 is 11.8 Å². The lowest BCUT2D eigenvalue weighted by atomic mass is 10.0. The number of hydrogen-bond donors (Lipinski definition) is 2. The second-order valence-corrected chi connectivity index (χ2v) is 5.82. The van der Waals surface area contributed by atoms with E-state index < -0.39 is 0 Å². The average molecular weight is 276 g/mol. The third-order valence-electron chi connectivity index (χ3n) is 2.93.